The van der Waals surface area contributed by atoms with Gasteiger partial charge in [-0.05, 0) is 12.1 Å². The van der Waals surface area contributed by atoms with E-state index in [1.807, 2.05) is 0 Å². The minimum atomic E-state index is -1.90. The Morgan fingerprint density at radius 2 is 1.47 bits per heavy atom. The second-order valence-corrected chi connectivity index (χ2v) is 3.37. The van der Waals surface area contributed by atoms with Crippen LogP contribution in [0.15, 0.2) is 18.2 Å². The number of hydrogen-bond acceptors (Lipinski definition) is 6. The summed E-state index contributed by atoms with van der Waals surface area (Å²) in [5.74, 6) is 0. The maximum absolute atomic E-state index is 11.1. The number of nitrogens with one attached hydrogen (secondary N) is 2. The molecule has 0 unspecified atom stereocenters. The van der Waals surface area contributed by atoms with Crippen LogP contribution in [-0.2, 0) is 9.47 Å². The largest absolute Gasteiger partial charge is 0.492 e. The zero-order chi connectivity index (χ0) is 14.4. The maximum atomic E-state index is 11.1. The van der Waals surface area contributed by atoms with Crippen LogP contribution < -0.4 is 16.1 Å². The predicted octanol–water partition coefficient (Wildman–Crippen LogP) is -0.277. The molecule has 8 nitrogen and oxygen atoms in total. The monoisotopic (exact) mass is 268 g/mol. The van der Waals surface area contributed by atoms with Crippen LogP contribution in [0, 0.1) is 0 Å². The number of benzene rings is 1. The van der Waals surface area contributed by atoms with Crippen molar-refractivity contribution in [3.63, 3.8) is 0 Å². The topological polar surface area (TPSA) is 117 Å². The smallest absolute Gasteiger partial charge is 0.453 e. The quantitative estimate of drug-likeness (QED) is 0.560. The molecule has 0 aliphatic heterocycles. The number of methoxy groups -OCH3 is 2. The summed E-state index contributed by atoms with van der Waals surface area (Å²) in [5.41, 5.74) is 0.102. The second kappa shape index (κ2) is 6.62. The van der Waals surface area contributed by atoms with E-state index in [-0.39, 0.29) is 16.8 Å². The summed E-state index contributed by atoms with van der Waals surface area (Å²) in [5, 5.41) is 23.3. The molecule has 0 aliphatic rings. The van der Waals surface area contributed by atoms with Gasteiger partial charge in [0.25, 0.3) is 0 Å². The Labute approximate surface area is 109 Å². The Bertz CT molecular complexity index is 443. The van der Waals surface area contributed by atoms with Crippen molar-refractivity contribution in [2.45, 2.75) is 0 Å². The first kappa shape index (κ1) is 14.8. The van der Waals surface area contributed by atoms with Crippen LogP contribution in [0.2, 0.25) is 0 Å². The molecule has 1 aromatic rings. The van der Waals surface area contributed by atoms with Crippen LogP contribution >= 0.6 is 0 Å². The fraction of sp³-hybridized carbons (Fsp3) is 0.200. The van der Waals surface area contributed by atoms with Gasteiger partial charge in [0.05, 0.1) is 14.2 Å². The van der Waals surface area contributed by atoms with Crippen molar-refractivity contribution < 1.29 is 29.1 Å². The number of amides is 2. The van der Waals surface area contributed by atoms with E-state index >= 15 is 0 Å². The summed E-state index contributed by atoms with van der Waals surface area (Å²) in [6, 6.07) is 4.35. The van der Waals surface area contributed by atoms with Crippen molar-refractivity contribution in [2.24, 2.45) is 0 Å². The van der Waals surface area contributed by atoms with Crippen LogP contribution in [0.3, 0.4) is 0 Å². The van der Waals surface area contributed by atoms with E-state index in [9.17, 15) is 19.6 Å². The summed E-state index contributed by atoms with van der Waals surface area (Å²) >= 11 is 0. The van der Waals surface area contributed by atoms with E-state index in [1.165, 1.54) is 32.4 Å². The van der Waals surface area contributed by atoms with Gasteiger partial charge >= 0.3 is 19.3 Å². The molecule has 0 bridgehead atoms. The molecule has 1 aromatic carbocycles. The van der Waals surface area contributed by atoms with Crippen molar-refractivity contribution in [2.75, 3.05) is 24.9 Å². The molecule has 0 spiro atoms. The third-order valence-electron chi connectivity index (χ3n) is 2.21. The summed E-state index contributed by atoms with van der Waals surface area (Å²) < 4.78 is 8.81. The highest BCUT2D eigenvalue weighted by Crippen LogP contribution is 2.13. The summed E-state index contributed by atoms with van der Waals surface area (Å²) in [6.07, 6.45) is -1.56. The molecule has 0 saturated heterocycles. The maximum Gasteiger partial charge on any atom is 0.492 e. The molecular formula is C10H13BN2O6. The average molecular weight is 268 g/mol. The first-order valence-corrected chi connectivity index (χ1v) is 5.18. The second-order valence-electron chi connectivity index (χ2n) is 3.37. The molecule has 4 N–H and O–H groups in total. The first-order chi connectivity index (χ1) is 8.99. The Balaban J connectivity index is 3.14. The van der Waals surface area contributed by atoms with Crippen molar-refractivity contribution in [1.82, 2.24) is 0 Å². The molecule has 0 fully saturated rings. The van der Waals surface area contributed by atoms with Gasteiger partial charge < -0.3 is 19.5 Å². The van der Waals surface area contributed by atoms with Gasteiger partial charge in [0.15, 0.2) is 0 Å². The number of anilines is 2. The lowest BCUT2D eigenvalue weighted by Crippen LogP contribution is -2.36. The van der Waals surface area contributed by atoms with Gasteiger partial charge in [-0.3, -0.25) is 10.6 Å². The van der Waals surface area contributed by atoms with E-state index < -0.39 is 19.3 Å². The van der Waals surface area contributed by atoms with Gasteiger partial charge in [0.2, 0.25) is 0 Å². The van der Waals surface area contributed by atoms with E-state index in [1.54, 1.807) is 0 Å². The highest BCUT2D eigenvalue weighted by molar-refractivity contribution is 6.63. The van der Waals surface area contributed by atoms with Crippen LogP contribution in [-0.4, -0.2) is 43.6 Å². The van der Waals surface area contributed by atoms with Gasteiger partial charge in [0, 0.05) is 16.8 Å². The molecule has 9 heteroatoms. The molecule has 0 saturated carbocycles. The Morgan fingerprint density at radius 1 is 1.05 bits per heavy atom. The molecule has 0 atom stereocenters. The molecule has 2 amide bonds. The zero-order valence-electron chi connectivity index (χ0n) is 10.3. The normalized spacial score (nSPS) is 9.47. The van der Waals surface area contributed by atoms with Crippen molar-refractivity contribution in [3.05, 3.63) is 18.2 Å². The minimum Gasteiger partial charge on any atom is -0.453 e. The van der Waals surface area contributed by atoms with E-state index in [2.05, 4.69) is 20.1 Å². The molecule has 0 heterocycles. The number of hydrogen-bond donors (Lipinski definition) is 4. The molecule has 102 valence electrons. The third kappa shape index (κ3) is 3.86. The molecular weight excluding hydrogens is 255 g/mol. The number of rotatable bonds is 3. The fourth-order valence-electron chi connectivity index (χ4n) is 1.38. The van der Waals surface area contributed by atoms with Gasteiger partial charge in [0.1, 0.15) is 0 Å². The molecule has 19 heavy (non-hydrogen) atoms. The van der Waals surface area contributed by atoms with Crippen molar-refractivity contribution in [1.29, 1.82) is 0 Å². The van der Waals surface area contributed by atoms with Crippen LogP contribution in [0.4, 0.5) is 21.0 Å². The Kier molecular flexibility index (Phi) is 5.16. The van der Waals surface area contributed by atoms with Crippen molar-refractivity contribution in [3.8, 4) is 0 Å². The Hall–Kier alpha value is -2.26. The highest BCUT2D eigenvalue weighted by atomic mass is 16.5. The molecule has 1 rings (SSSR count). The minimum absolute atomic E-state index is 0.0849. The van der Waals surface area contributed by atoms with Gasteiger partial charge in [-0.25, -0.2) is 9.59 Å². The van der Waals surface area contributed by atoms with E-state index in [0.29, 0.717) is 0 Å². The Morgan fingerprint density at radius 3 is 1.79 bits per heavy atom. The number of ether oxygens (including phenoxy) is 2. The average Bonchev–Trinajstić information content (AvgIpc) is 2.38. The molecule has 0 aliphatic carbocycles. The predicted molar refractivity (Wildman–Crippen MR) is 68.3 cm³/mol. The molecule has 0 aromatic heterocycles. The van der Waals surface area contributed by atoms with E-state index in [0.717, 1.165) is 0 Å². The lowest BCUT2D eigenvalue weighted by Gasteiger charge is -2.14. The number of carbonyl (C=O) groups is 2. The summed E-state index contributed by atoms with van der Waals surface area (Å²) in [6.45, 7) is 0. The van der Waals surface area contributed by atoms with Crippen LogP contribution in [0.25, 0.3) is 0 Å². The third-order valence-corrected chi connectivity index (χ3v) is 2.21. The fourth-order valence-corrected chi connectivity index (χ4v) is 1.38. The van der Waals surface area contributed by atoms with Gasteiger partial charge in [-0.1, -0.05) is 6.07 Å². The SMILES string of the molecule is COC(=O)Nc1cccc(NC(=O)OC)c1B(O)O. The zero-order valence-corrected chi connectivity index (χ0v) is 10.3. The highest BCUT2D eigenvalue weighted by Gasteiger charge is 2.23. The lowest BCUT2D eigenvalue weighted by atomic mass is 9.77. The van der Waals surface area contributed by atoms with Crippen LogP contribution in [0.1, 0.15) is 0 Å². The summed E-state index contributed by atoms with van der Waals surface area (Å²) in [4.78, 5) is 22.3. The molecule has 0 radical (unpaired) electrons. The number of carbonyl (C=O) groups excluding carboxylic acids is 2. The summed E-state index contributed by atoms with van der Waals surface area (Å²) in [7, 11) is 0.433. The lowest BCUT2D eigenvalue weighted by molar-refractivity contribution is 0.186. The van der Waals surface area contributed by atoms with Gasteiger partial charge in [-0.15, -0.1) is 0 Å². The first-order valence-electron chi connectivity index (χ1n) is 5.18. The van der Waals surface area contributed by atoms with E-state index in [4.69, 9.17) is 0 Å². The standard InChI is InChI=1S/C10H13BN2O6/c1-18-9(14)12-6-4-3-5-7(8(6)11(16)17)13-10(15)19-2/h3-5,16-17H,1-2H3,(H,12,14)(H,13,15). The van der Waals surface area contributed by atoms with Crippen molar-refractivity contribution >= 4 is 36.1 Å². The van der Waals surface area contributed by atoms with Crippen LogP contribution in [0.5, 0.6) is 0 Å². The van der Waals surface area contributed by atoms with Gasteiger partial charge in [-0.2, -0.15) is 0 Å².